The zero-order chi connectivity index (χ0) is 14.7. The number of amides is 1. The molecule has 1 amide bonds. The number of pyridine rings is 1. The highest BCUT2D eigenvalue weighted by Crippen LogP contribution is 2.20. The van der Waals surface area contributed by atoms with E-state index < -0.39 is 5.82 Å². The number of aromatic nitrogens is 1. The van der Waals surface area contributed by atoms with Crippen LogP contribution in [0.1, 0.15) is 23.2 Å². The third kappa shape index (κ3) is 2.90. The van der Waals surface area contributed by atoms with Crippen LogP contribution >= 0.6 is 0 Å². The van der Waals surface area contributed by atoms with Gasteiger partial charge in [-0.15, -0.1) is 0 Å². The third-order valence-electron chi connectivity index (χ3n) is 3.91. The molecule has 1 aliphatic rings. The standard InChI is InChI=1S/C14H21FN4O/c1-16-13-12(15)11(4-7-17-13)14(20)19(3)10-5-8-18(2)9-6-10/h4,7,10H,5-6,8-9H2,1-3H3,(H,16,17). The molecule has 0 radical (unpaired) electrons. The first kappa shape index (κ1) is 14.7. The molecule has 1 aliphatic heterocycles. The first-order chi connectivity index (χ1) is 9.54. The summed E-state index contributed by atoms with van der Waals surface area (Å²) in [6.07, 6.45) is 3.29. The Balaban J connectivity index is 2.14. The van der Waals surface area contributed by atoms with E-state index in [1.165, 1.54) is 12.3 Å². The molecule has 0 bridgehead atoms. The molecule has 2 heterocycles. The van der Waals surface area contributed by atoms with Crippen LogP contribution in [-0.2, 0) is 0 Å². The van der Waals surface area contributed by atoms with Crippen molar-refractivity contribution in [3.8, 4) is 0 Å². The molecule has 1 fully saturated rings. The maximum atomic E-state index is 14.1. The van der Waals surface area contributed by atoms with Crippen molar-refractivity contribution in [2.75, 3.05) is 39.5 Å². The SMILES string of the molecule is CNc1nccc(C(=O)N(C)C2CCN(C)CC2)c1F. The maximum absolute atomic E-state index is 14.1. The third-order valence-corrected chi connectivity index (χ3v) is 3.91. The number of hydrogen-bond donors (Lipinski definition) is 1. The molecular formula is C14H21FN4O. The van der Waals surface area contributed by atoms with Gasteiger partial charge in [0.05, 0.1) is 5.56 Å². The van der Waals surface area contributed by atoms with Crippen molar-refractivity contribution in [2.24, 2.45) is 0 Å². The molecule has 1 N–H and O–H groups in total. The average Bonchev–Trinajstić information content (AvgIpc) is 2.47. The largest absolute Gasteiger partial charge is 0.371 e. The summed E-state index contributed by atoms with van der Waals surface area (Å²) in [4.78, 5) is 20.2. The minimum atomic E-state index is -0.584. The van der Waals surface area contributed by atoms with Gasteiger partial charge in [-0.3, -0.25) is 4.79 Å². The Bertz CT molecular complexity index is 486. The molecule has 1 aromatic heterocycles. The van der Waals surface area contributed by atoms with Crippen molar-refractivity contribution in [3.05, 3.63) is 23.6 Å². The number of likely N-dealkylation sites (tertiary alicyclic amines) is 1. The van der Waals surface area contributed by atoms with Crippen molar-refractivity contribution >= 4 is 11.7 Å². The molecule has 0 unspecified atom stereocenters. The second-order valence-corrected chi connectivity index (χ2v) is 5.22. The van der Waals surface area contributed by atoms with Gasteiger partial charge in [-0.1, -0.05) is 0 Å². The van der Waals surface area contributed by atoms with Gasteiger partial charge < -0.3 is 15.1 Å². The van der Waals surface area contributed by atoms with Crippen molar-refractivity contribution in [3.63, 3.8) is 0 Å². The van der Waals surface area contributed by atoms with Crippen LogP contribution in [0.25, 0.3) is 0 Å². The Labute approximate surface area is 118 Å². The topological polar surface area (TPSA) is 48.5 Å². The van der Waals surface area contributed by atoms with Crippen LogP contribution in [0.2, 0.25) is 0 Å². The normalized spacial score (nSPS) is 17.0. The van der Waals surface area contributed by atoms with E-state index in [0.29, 0.717) is 0 Å². The predicted molar refractivity (Wildman–Crippen MR) is 76.4 cm³/mol. The molecule has 0 aliphatic carbocycles. The number of anilines is 1. The Morgan fingerprint density at radius 1 is 1.50 bits per heavy atom. The molecule has 0 spiro atoms. The van der Waals surface area contributed by atoms with Crippen LogP contribution in [0.3, 0.4) is 0 Å². The summed E-state index contributed by atoms with van der Waals surface area (Å²) >= 11 is 0. The average molecular weight is 280 g/mol. The van der Waals surface area contributed by atoms with Crippen molar-refractivity contribution in [2.45, 2.75) is 18.9 Å². The van der Waals surface area contributed by atoms with Crippen LogP contribution < -0.4 is 5.32 Å². The van der Waals surface area contributed by atoms with Crippen LogP contribution in [0.4, 0.5) is 10.2 Å². The predicted octanol–water partition coefficient (Wildman–Crippen LogP) is 1.43. The molecule has 0 atom stereocenters. The van der Waals surface area contributed by atoms with E-state index >= 15 is 0 Å². The molecule has 110 valence electrons. The first-order valence-corrected chi connectivity index (χ1v) is 6.82. The number of hydrogen-bond acceptors (Lipinski definition) is 4. The Morgan fingerprint density at radius 3 is 2.75 bits per heavy atom. The zero-order valence-corrected chi connectivity index (χ0v) is 12.2. The second-order valence-electron chi connectivity index (χ2n) is 5.22. The number of carbonyl (C=O) groups is 1. The van der Waals surface area contributed by atoms with Crippen LogP contribution in [0.5, 0.6) is 0 Å². The van der Waals surface area contributed by atoms with Crippen LogP contribution in [-0.4, -0.2) is 61.0 Å². The highest BCUT2D eigenvalue weighted by molar-refractivity contribution is 5.95. The highest BCUT2D eigenvalue weighted by atomic mass is 19.1. The number of piperidine rings is 1. The monoisotopic (exact) mass is 280 g/mol. The molecule has 1 aromatic rings. The van der Waals surface area contributed by atoms with E-state index in [9.17, 15) is 9.18 Å². The van der Waals surface area contributed by atoms with Crippen molar-refractivity contribution < 1.29 is 9.18 Å². The van der Waals surface area contributed by atoms with E-state index in [1.807, 2.05) is 0 Å². The Morgan fingerprint density at radius 2 is 2.15 bits per heavy atom. The minimum absolute atomic E-state index is 0.0748. The lowest BCUT2D eigenvalue weighted by Gasteiger charge is -2.35. The zero-order valence-electron chi connectivity index (χ0n) is 12.2. The van der Waals surface area contributed by atoms with Crippen LogP contribution in [0.15, 0.2) is 12.3 Å². The summed E-state index contributed by atoms with van der Waals surface area (Å²) in [5.41, 5.74) is 0.0748. The van der Waals surface area contributed by atoms with Crippen LogP contribution in [0, 0.1) is 5.82 Å². The van der Waals surface area contributed by atoms with E-state index in [-0.39, 0.29) is 23.3 Å². The lowest BCUT2D eigenvalue weighted by atomic mass is 10.0. The van der Waals surface area contributed by atoms with E-state index in [4.69, 9.17) is 0 Å². The fraction of sp³-hybridized carbons (Fsp3) is 0.571. The summed E-state index contributed by atoms with van der Waals surface area (Å²) in [7, 11) is 5.40. The molecule has 20 heavy (non-hydrogen) atoms. The molecule has 0 aromatic carbocycles. The van der Waals surface area contributed by atoms with E-state index in [0.717, 1.165) is 25.9 Å². The van der Waals surface area contributed by atoms with Gasteiger partial charge in [-0.05, 0) is 39.0 Å². The molecule has 1 saturated heterocycles. The number of rotatable bonds is 3. The smallest absolute Gasteiger partial charge is 0.257 e. The lowest BCUT2D eigenvalue weighted by molar-refractivity contribution is 0.0655. The van der Waals surface area contributed by atoms with Gasteiger partial charge in [0.1, 0.15) is 0 Å². The fourth-order valence-corrected chi connectivity index (χ4v) is 2.52. The minimum Gasteiger partial charge on any atom is -0.371 e. The summed E-state index contributed by atoms with van der Waals surface area (Å²) in [6, 6.07) is 1.61. The lowest BCUT2D eigenvalue weighted by Crippen LogP contribution is -2.44. The molecular weight excluding hydrogens is 259 g/mol. The molecule has 2 rings (SSSR count). The highest BCUT2D eigenvalue weighted by Gasteiger charge is 2.26. The number of nitrogens with one attached hydrogen (secondary N) is 1. The first-order valence-electron chi connectivity index (χ1n) is 6.82. The van der Waals surface area contributed by atoms with Gasteiger partial charge in [0.15, 0.2) is 11.6 Å². The number of nitrogens with zero attached hydrogens (tertiary/aromatic N) is 3. The van der Waals surface area contributed by atoms with Crippen molar-refractivity contribution in [1.82, 2.24) is 14.8 Å². The summed E-state index contributed by atoms with van der Waals surface area (Å²) < 4.78 is 14.1. The maximum Gasteiger partial charge on any atom is 0.257 e. The quantitative estimate of drug-likeness (QED) is 0.910. The van der Waals surface area contributed by atoms with E-state index in [1.54, 1.807) is 19.0 Å². The molecule has 5 nitrogen and oxygen atoms in total. The number of halogens is 1. The summed E-state index contributed by atoms with van der Waals surface area (Å²) in [6.45, 7) is 1.92. The van der Waals surface area contributed by atoms with Gasteiger partial charge in [0, 0.05) is 26.3 Å². The number of carbonyl (C=O) groups excluding carboxylic acids is 1. The van der Waals surface area contributed by atoms with Gasteiger partial charge in [0.2, 0.25) is 0 Å². The van der Waals surface area contributed by atoms with Gasteiger partial charge in [-0.2, -0.15) is 0 Å². The molecule has 0 saturated carbocycles. The van der Waals surface area contributed by atoms with Crippen molar-refractivity contribution in [1.29, 1.82) is 0 Å². The fourth-order valence-electron chi connectivity index (χ4n) is 2.52. The summed E-state index contributed by atoms with van der Waals surface area (Å²) in [5.74, 6) is -0.761. The van der Waals surface area contributed by atoms with Gasteiger partial charge in [0.25, 0.3) is 5.91 Å². The van der Waals surface area contributed by atoms with Gasteiger partial charge >= 0.3 is 0 Å². The van der Waals surface area contributed by atoms with E-state index in [2.05, 4.69) is 22.2 Å². The summed E-state index contributed by atoms with van der Waals surface area (Å²) in [5, 5.41) is 2.65. The second kappa shape index (κ2) is 6.17. The Kier molecular flexibility index (Phi) is 4.54. The molecule has 6 heteroatoms. The van der Waals surface area contributed by atoms with Gasteiger partial charge in [-0.25, -0.2) is 9.37 Å². The Hall–Kier alpha value is -1.69.